The van der Waals surface area contributed by atoms with Crippen LogP contribution in [-0.2, 0) is 11.2 Å². The second-order valence-corrected chi connectivity index (χ2v) is 7.98. The highest BCUT2D eigenvalue weighted by Gasteiger charge is 2.33. The van der Waals surface area contributed by atoms with Crippen molar-refractivity contribution < 1.29 is 9.18 Å². The molecule has 0 N–H and O–H groups in total. The minimum atomic E-state index is -0.198. The van der Waals surface area contributed by atoms with Gasteiger partial charge in [0.25, 0.3) is 0 Å². The Morgan fingerprint density at radius 3 is 3.00 bits per heavy atom. The predicted molar refractivity (Wildman–Crippen MR) is 98.1 cm³/mol. The van der Waals surface area contributed by atoms with Gasteiger partial charge in [-0.05, 0) is 60.9 Å². The van der Waals surface area contributed by atoms with Crippen LogP contribution in [0.3, 0.4) is 0 Å². The van der Waals surface area contributed by atoms with Gasteiger partial charge in [0, 0.05) is 24.0 Å². The summed E-state index contributed by atoms with van der Waals surface area (Å²) in [6.45, 7) is 4.18. The minimum Gasteiger partial charge on any atom is -0.334 e. The molecule has 1 aromatic carbocycles. The lowest BCUT2D eigenvalue weighted by molar-refractivity contribution is -0.134. The zero-order chi connectivity index (χ0) is 17.4. The van der Waals surface area contributed by atoms with Crippen molar-refractivity contribution in [3.8, 4) is 0 Å². The van der Waals surface area contributed by atoms with Crippen molar-refractivity contribution in [2.75, 3.05) is 19.6 Å². The van der Waals surface area contributed by atoms with Crippen LogP contribution in [-0.4, -0.2) is 35.3 Å². The quantitative estimate of drug-likeness (QED) is 0.822. The maximum Gasteiger partial charge on any atom is 0.237 e. The number of nitrogens with zero attached hydrogens (tertiary/aromatic N) is 2. The highest BCUT2D eigenvalue weighted by atomic mass is 32.1. The van der Waals surface area contributed by atoms with Crippen molar-refractivity contribution in [2.45, 2.75) is 38.3 Å². The largest absolute Gasteiger partial charge is 0.334 e. The molecule has 0 bridgehead atoms. The molecule has 2 aliphatic rings. The number of amides is 1. The molecule has 2 aliphatic heterocycles. The van der Waals surface area contributed by atoms with Crippen molar-refractivity contribution in [1.82, 2.24) is 9.80 Å². The van der Waals surface area contributed by atoms with Gasteiger partial charge in [-0.25, -0.2) is 4.39 Å². The van der Waals surface area contributed by atoms with Crippen LogP contribution in [0, 0.1) is 5.82 Å². The maximum absolute atomic E-state index is 13.6. The summed E-state index contributed by atoms with van der Waals surface area (Å²) in [4.78, 5) is 18.5. The first-order valence-corrected chi connectivity index (χ1v) is 9.86. The van der Waals surface area contributed by atoms with Crippen LogP contribution in [0.4, 0.5) is 4.39 Å². The van der Waals surface area contributed by atoms with Crippen molar-refractivity contribution in [2.24, 2.45) is 0 Å². The monoisotopic (exact) mass is 358 g/mol. The van der Waals surface area contributed by atoms with Gasteiger partial charge >= 0.3 is 0 Å². The smallest absolute Gasteiger partial charge is 0.237 e. The number of thiophene rings is 1. The number of likely N-dealkylation sites (tertiary alicyclic amines) is 1. The van der Waals surface area contributed by atoms with Gasteiger partial charge in [0.15, 0.2) is 0 Å². The standard InChI is InChI=1S/C20H23FN2OS/c1-14-17-12-16(21)7-6-15(17)8-10-22(14)13-20(24)23-9-2-4-18(23)19-5-3-11-25-19/h3,5-7,11-12,14,18H,2,4,8-10,13H2,1H3. The lowest BCUT2D eigenvalue weighted by atomic mass is 9.93. The third kappa shape index (κ3) is 3.23. The van der Waals surface area contributed by atoms with E-state index in [1.54, 1.807) is 17.4 Å². The Hall–Kier alpha value is -1.72. The Morgan fingerprint density at radius 1 is 1.32 bits per heavy atom. The number of rotatable bonds is 3. The molecule has 0 radical (unpaired) electrons. The van der Waals surface area contributed by atoms with Gasteiger partial charge in [-0.15, -0.1) is 11.3 Å². The molecule has 0 saturated carbocycles. The maximum atomic E-state index is 13.6. The van der Waals surface area contributed by atoms with Crippen LogP contribution < -0.4 is 0 Å². The van der Waals surface area contributed by atoms with Gasteiger partial charge in [0.1, 0.15) is 5.82 Å². The molecule has 1 fully saturated rings. The molecule has 0 aliphatic carbocycles. The van der Waals surface area contributed by atoms with E-state index in [0.29, 0.717) is 6.54 Å². The third-order valence-electron chi connectivity index (χ3n) is 5.56. The third-order valence-corrected chi connectivity index (χ3v) is 6.53. The van der Waals surface area contributed by atoms with Gasteiger partial charge in [-0.1, -0.05) is 12.1 Å². The van der Waals surface area contributed by atoms with E-state index in [-0.39, 0.29) is 23.8 Å². The van der Waals surface area contributed by atoms with Crippen LogP contribution in [0.15, 0.2) is 35.7 Å². The van der Waals surface area contributed by atoms with Crippen LogP contribution in [0.2, 0.25) is 0 Å². The zero-order valence-corrected chi connectivity index (χ0v) is 15.3. The molecule has 2 atom stereocenters. The Kier molecular flexibility index (Phi) is 4.61. The summed E-state index contributed by atoms with van der Waals surface area (Å²) in [5.74, 6) is -0.00122. The number of halogens is 1. The number of carbonyl (C=O) groups is 1. The normalized spacial score (nSPS) is 23.7. The summed E-state index contributed by atoms with van der Waals surface area (Å²) < 4.78 is 13.6. The van der Waals surface area contributed by atoms with Crippen LogP contribution in [0.1, 0.15) is 47.9 Å². The van der Waals surface area contributed by atoms with E-state index >= 15 is 0 Å². The van der Waals surface area contributed by atoms with E-state index in [9.17, 15) is 9.18 Å². The molecule has 3 heterocycles. The molecule has 1 aromatic heterocycles. The number of hydrogen-bond acceptors (Lipinski definition) is 3. The molecule has 4 rings (SSSR count). The molecule has 5 heteroatoms. The van der Waals surface area contributed by atoms with Crippen LogP contribution in [0.25, 0.3) is 0 Å². The summed E-state index contributed by atoms with van der Waals surface area (Å²) in [5.41, 5.74) is 2.23. The Bertz CT molecular complexity index is 761. The van der Waals surface area contributed by atoms with Crippen molar-refractivity contribution in [1.29, 1.82) is 0 Å². The van der Waals surface area contributed by atoms with E-state index in [1.807, 2.05) is 11.0 Å². The first-order valence-electron chi connectivity index (χ1n) is 8.99. The number of hydrogen-bond donors (Lipinski definition) is 0. The van der Waals surface area contributed by atoms with Crippen molar-refractivity contribution in [3.63, 3.8) is 0 Å². The number of fused-ring (bicyclic) bond motifs is 1. The fourth-order valence-electron chi connectivity index (χ4n) is 4.16. The molecule has 25 heavy (non-hydrogen) atoms. The summed E-state index contributed by atoms with van der Waals surface area (Å²) in [6, 6.07) is 9.53. The Morgan fingerprint density at radius 2 is 2.20 bits per heavy atom. The van der Waals surface area contributed by atoms with E-state index in [1.165, 1.54) is 16.5 Å². The highest BCUT2D eigenvalue weighted by Crippen LogP contribution is 2.35. The molecule has 132 valence electrons. The first kappa shape index (κ1) is 16.7. The predicted octanol–water partition coefficient (Wildman–Crippen LogP) is 4.17. The molecular formula is C20H23FN2OS. The lowest BCUT2D eigenvalue weighted by Crippen LogP contribution is -2.43. The van der Waals surface area contributed by atoms with E-state index in [2.05, 4.69) is 29.3 Å². The second-order valence-electron chi connectivity index (χ2n) is 7.00. The number of carbonyl (C=O) groups excluding carboxylic acids is 1. The first-order chi connectivity index (χ1) is 12.1. The summed E-state index contributed by atoms with van der Waals surface area (Å²) in [5, 5.41) is 2.08. The van der Waals surface area contributed by atoms with Crippen LogP contribution in [0.5, 0.6) is 0 Å². The average molecular weight is 358 g/mol. The second kappa shape index (κ2) is 6.89. The van der Waals surface area contributed by atoms with Gasteiger partial charge in [0.2, 0.25) is 5.91 Å². The number of benzene rings is 1. The molecule has 1 amide bonds. The Balaban J connectivity index is 1.48. The average Bonchev–Trinajstić information content (AvgIpc) is 3.28. The SMILES string of the molecule is CC1c2cc(F)ccc2CCN1CC(=O)N1CCCC1c1cccs1. The Labute approximate surface area is 152 Å². The summed E-state index contributed by atoms with van der Waals surface area (Å²) in [7, 11) is 0. The van der Waals surface area contributed by atoms with Gasteiger partial charge in [0.05, 0.1) is 12.6 Å². The van der Waals surface area contributed by atoms with E-state index < -0.39 is 0 Å². The summed E-state index contributed by atoms with van der Waals surface area (Å²) >= 11 is 1.73. The fourth-order valence-corrected chi connectivity index (χ4v) is 5.03. The highest BCUT2D eigenvalue weighted by molar-refractivity contribution is 7.10. The van der Waals surface area contributed by atoms with E-state index in [0.717, 1.165) is 37.9 Å². The molecule has 3 nitrogen and oxygen atoms in total. The molecule has 0 spiro atoms. The van der Waals surface area contributed by atoms with Gasteiger partial charge < -0.3 is 4.90 Å². The van der Waals surface area contributed by atoms with E-state index in [4.69, 9.17) is 0 Å². The summed E-state index contributed by atoms with van der Waals surface area (Å²) in [6.07, 6.45) is 3.00. The molecule has 1 saturated heterocycles. The van der Waals surface area contributed by atoms with Crippen LogP contribution >= 0.6 is 11.3 Å². The fraction of sp³-hybridized carbons (Fsp3) is 0.450. The lowest BCUT2D eigenvalue weighted by Gasteiger charge is -2.36. The van der Waals surface area contributed by atoms with Gasteiger partial charge in [-0.3, -0.25) is 9.69 Å². The zero-order valence-electron chi connectivity index (χ0n) is 14.5. The molecule has 2 unspecified atom stereocenters. The van der Waals surface area contributed by atoms with Crippen molar-refractivity contribution in [3.05, 3.63) is 57.5 Å². The molecule has 2 aromatic rings. The minimum absolute atomic E-state index is 0.0752. The molecular weight excluding hydrogens is 335 g/mol. The topological polar surface area (TPSA) is 23.6 Å². The van der Waals surface area contributed by atoms with Crippen molar-refractivity contribution >= 4 is 17.2 Å². The van der Waals surface area contributed by atoms with Gasteiger partial charge in [-0.2, -0.15) is 0 Å².